The van der Waals surface area contributed by atoms with Gasteiger partial charge in [-0.15, -0.1) is 0 Å². The van der Waals surface area contributed by atoms with Crippen molar-refractivity contribution in [3.05, 3.63) is 17.0 Å². The van der Waals surface area contributed by atoms with Crippen LogP contribution in [0.15, 0.2) is 4.52 Å². The number of fused-ring (bicyclic) bond motifs is 2. The summed E-state index contributed by atoms with van der Waals surface area (Å²) in [7, 11) is 0. The third-order valence-corrected chi connectivity index (χ3v) is 4.52. The first kappa shape index (κ1) is 12.2. The second-order valence-electron chi connectivity index (χ2n) is 5.56. The maximum Gasteiger partial charge on any atom is 0.138 e. The first-order chi connectivity index (χ1) is 8.70. The molecule has 0 aromatic carbocycles. The van der Waals surface area contributed by atoms with E-state index in [1.165, 1.54) is 24.9 Å². The highest BCUT2D eigenvalue weighted by Gasteiger charge is 2.47. The van der Waals surface area contributed by atoms with Gasteiger partial charge in [-0.1, -0.05) is 5.16 Å². The van der Waals surface area contributed by atoms with Crippen LogP contribution < -0.4 is 0 Å². The van der Waals surface area contributed by atoms with E-state index >= 15 is 0 Å². The highest BCUT2D eigenvalue weighted by molar-refractivity contribution is 5.21. The molecule has 1 aliphatic carbocycles. The van der Waals surface area contributed by atoms with E-state index in [9.17, 15) is 0 Å². The molecule has 18 heavy (non-hydrogen) atoms. The number of nitrogens with zero attached hydrogens (tertiary/aromatic N) is 2. The summed E-state index contributed by atoms with van der Waals surface area (Å²) in [6, 6.07) is 0.601. The summed E-state index contributed by atoms with van der Waals surface area (Å²) in [5.41, 5.74) is 2.29. The maximum atomic E-state index is 5.92. The molecule has 2 bridgehead atoms. The number of piperidine rings is 1. The lowest BCUT2D eigenvalue weighted by Gasteiger charge is -2.26. The minimum Gasteiger partial charge on any atom is -0.377 e. The topological polar surface area (TPSA) is 38.5 Å². The molecule has 1 aromatic heterocycles. The van der Waals surface area contributed by atoms with E-state index < -0.39 is 0 Å². The van der Waals surface area contributed by atoms with Crippen molar-refractivity contribution < 1.29 is 9.26 Å². The molecular weight excluding hydrogens is 228 g/mol. The fourth-order valence-electron chi connectivity index (χ4n) is 3.60. The Labute approximate surface area is 108 Å². The van der Waals surface area contributed by atoms with Crippen LogP contribution in [0.4, 0.5) is 0 Å². The Balaban J connectivity index is 1.72. The predicted octanol–water partition coefficient (Wildman–Crippen LogP) is 2.29. The van der Waals surface area contributed by atoms with Gasteiger partial charge in [-0.25, -0.2) is 0 Å². The van der Waals surface area contributed by atoms with Crippen molar-refractivity contribution in [3.63, 3.8) is 0 Å². The lowest BCUT2D eigenvalue weighted by atomic mass is 10.1. The first-order valence-electron chi connectivity index (χ1n) is 6.98. The molecule has 2 heterocycles. The zero-order chi connectivity index (χ0) is 12.7. The van der Waals surface area contributed by atoms with Crippen LogP contribution in [-0.4, -0.2) is 35.4 Å². The minimum absolute atomic E-state index is 0.454. The van der Waals surface area contributed by atoms with E-state index in [4.69, 9.17) is 9.26 Å². The summed E-state index contributed by atoms with van der Waals surface area (Å²) >= 11 is 0. The molecule has 2 fully saturated rings. The van der Waals surface area contributed by atoms with Crippen LogP contribution in [0.5, 0.6) is 0 Å². The van der Waals surface area contributed by atoms with Crippen LogP contribution in [0.3, 0.4) is 0 Å². The van der Waals surface area contributed by atoms with Crippen LogP contribution in [0, 0.1) is 19.8 Å². The Kier molecular flexibility index (Phi) is 3.16. The van der Waals surface area contributed by atoms with Gasteiger partial charge in [0.2, 0.25) is 0 Å². The van der Waals surface area contributed by atoms with Crippen LogP contribution in [0.2, 0.25) is 0 Å². The molecule has 1 saturated heterocycles. The Bertz CT molecular complexity index is 410. The summed E-state index contributed by atoms with van der Waals surface area (Å²) < 4.78 is 11.2. The van der Waals surface area contributed by atoms with Crippen molar-refractivity contribution in [2.45, 2.75) is 52.3 Å². The Morgan fingerprint density at radius 3 is 2.89 bits per heavy atom. The zero-order valence-electron chi connectivity index (χ0n) is 11.5. The van der Waals surface area contributed by atoms with Crippen LogP contribution in [0.25, 0.3) is 0 Å². The SMILES string of the molecule is CCOC1C2CCC1N(Cc1c(C)noc1C)C2. The largest absolute Gasteiger partial charge is 0.377 e. The molecule has 1 aromatic rings. The van der Waals surface area contributed by atoms with Crippen LogP contribution >= 0.6 is 0 Å². The van der Waals surface area contributed by atoms with E-state index in [0.29, 0.717) is 12.1 Å². The average Bonchev–Trinajstić information content (AvgIpc) is 2.99. The Morgan fingerprint density at radius 1 is 1.39 bits per heavy atom. The van der Waals surface area contributed by atoms with Crippen molar-refractivity contribution in [2.75, 3.05) is 13.2 Å². The lowest BCUT2D eigenvalue weighted by Crippen LogP contribution is -2.35. The molecule has 100 valence electrons. The number of rotatable bonds is 4. The summed E-state index contributed by atoms with van der Waals surface area (Å²) in [4.78, 5) is 2.56. The van der Waals surface area contributed by atoms with E-state index in [1.807, 2.05) is 13.8 Å². The van der Waals surface area contributed by atoms with Gasteiger partial charge in [0.15, 0.2) is 0 Å². The number of aromatic nitrogens is 1. The fraction of sp³-hybridized carbons (Fsp3) is 0.786. The van der Waals surface area contributed by atoms with Gasteiger partial charge < -0.3 is 9.26 Å². The maximum absolute atomic E-state index is 5.92. The van der Waals surface area contributed by atoms with E-state index in [2.05, 4.69) is 17.0 Å². The fourth-order valence-corrected chi connectivity index (χ4v) is 3.60. The Morgan fingerprint density at radius 2 is 2.22 bits per heavy atom. The molecule has 3 rings (SSSR count). The van der Waals surface area contributed by atoms with Gasteiger partial charge in [0.05, 0.1) is 11.8 Å². The molecule has 0 N–H and O–H groups in total. The molecule has 4 heteroatoms. The van der Waals surface area contributed by atoms with E-state index in [1.54, 1.807) is 0 Å². The van der Waals surface area contributed by atoms with E-state index in [-0.39, 0.29) is 0 Å². The molecular formula is C14H22N2O2. The van der Waals surface area contributed by atoms with Gasteiger partial charge in [-0.05, 0) is 39.5 Å². The number of ether oxygens (including phenoxy) is 1. The summed E-state index contributed by atoms with van der Waals surface area (Å²) in [6.07, 6.45) is 3.06. The van der Waals surface area contributed by atoms with Crippen LogP contribution in [-0.2, 0) is 11.3 Å². The molecule has 3 unspecified atom stereocenters. The molecule has 0 spiro atoms. The predicted molar refractivity (Wildman–Crippen MR) is 68.3 cm³/mol. The molecule has 3 atom stereocenters. The van der Waals surface area contributed by atoms with Crippen LogP contribution in [0.1, 0.15) is 36.8 Å². The van der Waals surface area contributed by atoms with Crippen molar-refractivity contribution in [1.29, 1.82) is 0 Å². The molecule has 1 aliphatic heterocycles. The average molecular weight is 250 g/mol. The van der Waals surface area contributed by atoms with Crippen molar-refractivity contribution in [3.8, 4) is 0 Å². The standard InChI is InChI=1S/C14H22N2O2/c1-4-17-14-11-5-6-13(14)16(7-11)8-12-9(2)15-18-10(12)3/h11,13-14H,4-8H2,1-3H3. The molecule has 0 radical (unpaired) electrons. The number of aryl methyl sites for hydroxylation is 2. The van der Waals surface area contributed by atoms with Crippen molar-refractivity contribution >= 4 is 0 Å². The number of likely N-dealkylation sites (tertiary alicyclic amines) is 1. The molecule has 0 amide bonds. The quantitative estimate of drug-likeness (QED) is 0.822. The third-order valence-electron chi connectivity index (χ3n) is 4.52. The third kappa shape index (κ3) is 1.88. The van der Waals surface area contributed by atoms with Gasteiger partial charge in [0.1, 0.15) is 5.76 Å². The molecule has 1 saturated carbocycles. The van der Waals surface area contributed by atoms with Gasteiger partial charge in [0, 0.05) is 31.3 Å². The van der Waals surface area contributed by atoms with Gasteiger partial charge in [-0.3, -0.25) is 4.90 Å². The monoisotopic (exact) mass is 250 g/mol. The highest BCUT2D eigenvalue weighted by atomic mass is 16.5. The van der Waals surface area contributed by atoms with Gasteiger partial charge in [0.25, 0.3) is 0 Å². The van der Waals surface area contributed by atoms with E-state index in [0.717, 1.165) is 30.5 Å². The second kappa shape index (κ2) is 4.67. The second-order valence-corrected chi connectivity index (χ2v) is 5.56. The summed E-state index contributed by atoms with van der Waals surface area (Å²) in [5.74, 6) is 1.69. The first-order valence-corrected chi connectivity index (χ1v) is 6.98. The molecule has 2 aliphatic rings. The van der Waals surface area contributed by atoms with Crippen molar-refractivity contribution in [1.82, 2.24) is 10.1 Å². The summed E-state index contributed by atoms with van der Waals surface area (Å²) in [6.45, 7) is 9.09. The number of hydrogen-bond donors (Lipinski definition) is 0. The Hall–Kier alpha value is -0.870. The van der Waals surface area contributed by atoms with Gasteiger partial charge in [-0.2, -0.15) is 0 Å². The smallest absolute Gasteiger partial charge is 0.138 e. The van der Waals surface area contributed by atoms with Gasteiger partial charge >= 0.3 is 0 Å². The summed E-state index contributed by atoms with van der Waals surface area (Å²) in [5, 5.41) is 4.04. The van der Waals surface area contributed by atoms with Crippen molar-refractivity contribution in [2.24, 2.45) is 5.92 Å². The number of hydrogen-bond acceptors (Lipinski definition) is 4. The zero-order valence-corrected chi connectivity index (χ0v) is 11.5. The molecule has 4 nitrogen and oxygen atoms in total. The highest BCUT2D eigenvalue weighted by Crippen LogP contribution is 2.40. The lowest BCUT2D eigenvalue weighted by molar-refractivity contribution is 0.0349. The minimum atomic E-state index is 0.454. The normalized spacial score (nSPS) is 31.4.